The second kappa shape index (κ2) is 6.39. The van der Waals surface area contributed by atoms with Gasteiger partial charge in [-0.15, -0.1) is 0 Å². The third-order valence-corrected chi connectivity index (χ3v) is 3.25. The van der Waals surface area contributed by atoms with Crippen molar-refractivity contribution in [3.63, 3.8) is 0 Å². The Bertz CT molecular complexity index is 597. The lowest BCUT2D eigenvalue weighted by molar-refractivity contribution is 0.395. The molecule has 2 aromatic rings. The predicted molar refractivity (Wildman–Crippen MR) is 80.3 cm³/mol. The SMILES string of the molecule is CNCc1ccc(-c2ccc(OC)cc2OC)nc1C. The van der Waals surface area contributed by atoms with Gasteiger partial charge in [-0.05, 0) is 37.7 Å². The van der Waals surface area contributed by atoms with Crippen molar-refractivity contribution in [2.45, 2.75) is 13.5 Å². The molecule has 0 spiro atoms. The number of methoxy groups -OCH3 is 2. The zero-order valence-corrected chi connectivity index (χ0v) is 12.4. The maximum atomic E-state index is 5.43. The van der Waals surface area contributed by atoms with E-state index in [1.807, 2.05) is 38.2 Å². The largest absolute Gasteiger partial charge is 0.497 e. The molecule has 0 saturated carbocycles. The van der Waals surface area contributed by atoms with Gasteiger partial charge in [0, 0.05) is 23.9 Å². The summed E-state index contributed by atoms with van der Waals surface area (Å²) in [6, 6.07) is 9.86. The zero-order chi connectivity index (χ0) is 14.5. The molecule has 0 amide bonds. The van der Waals surface area contributed by atoms with Crippen molar-refractivity contribution in [1.29, 1.82) is 0 Å². The number of nitrogens with zero attached hydrogens (tertiary/aromatic N) is 1. The summed E-state index contributed by atoms with van der Waals surface area (Å²) in [7, 11) is 5.23. The van der Waals surface area contributed by atoms with Crippen LogP contribution in [0.2, 0.25) is 0 Å². The van der Waals surface area contributed by atoms with E-state index in [9.17, 15) is 0 Å². The van der Waals surface area contributed by atoms with Crippen molar-refractivity contribution in [3.05, 3.63) is 41.6 Å². The Morgan fingerprint density at radius 2 is 1.90 bits per heavy atom. The molecule has 0 aliphatic heterocycles. The quantitative estimate of drug-likeness (QED) is 0.909. The number of rotatable bonds is 5. The van der Waals surface area contributed by atoms with Gasteiger partial charge < -0.3 is 14.8 Å². The van der Waals surface area contributed by atoms with Gasteiger partial charge in [0.1, 0.15) is 11.5 Å². The molecule has 0 unspecified atom stereocenters. The molecule has 106 valence electrons. The van der Waals surface area contributed by atoms with Gasteiger partial charge in [-0.2, -0.15) is 0 Å². The van der Waals surface area contributed by atoms with E-state index < -0.39 is 0 Å². The molecule has 0 radical (unpaired) electrons. The number of nitrogens with one attached hydrogen (secondary N) is 1. The number of aromatic nitrogens is 1. The fraction of sp³-hybridized carbons (Fsp3) is 0.312. The molecule has 0 fully saturated rings. The summed E-state index contributed by atoms with van der Waals surface area (Å²) in [5.74, 6) is 1.53. The number of benzene rings is 1. The minimum absolute atomic E-state index is 0.762. The molecule has 0 saturated heterocycles. The summed E-state index contributed by atoms with van der Waals surface area (Å²) in [5, 5.41) is 3.14. The Morgan fingerprint density at radius 3 is 2.50 bits per heavy atom. The number of pyridine rings is 1. The zero-order valence-electron chi connectivity index (χ0n) is 12.4. The highest BCUT2D eigenvalue weighted by atomic mass is 16.5. The highest BCUT2D eigenvalue weighted by Crippen LogP contribution is 2.32. The van der Waals surface area contributed by atoms with Crippen molar-refractivity contribution in [2.24, 2.45) is 0 Å². The second-order valence-corrected chi connectivity index (χ2v) is 4.54. The van der Waals surface area contributed by atoms with Gasteiger partial charge in [-0.1, -0.05) is 6.07 Å². The van der Waals surface area contributed by atoms with Crippen LogP contribution in [0.3, 0.4) is 0 Å². The van der Waals surface area contributed by atoms with E-state index in [-0.39, 0.29) is 0 Å². The molecule has 0 atom stereocenters. The maximum absolute atomic E-state index is 5.43. The highest BCUT2D eigenvalue weighted by molar-refractivity contribution is 5.68. The van der Waals surface area contributed by atoms with Crippen LogP contribution in [-0.4, -0.2) is 26.3 Å². The van der Waals surface area contributed by atoms with Crippen LogP contribution in [0.1, 0.15) is 11.3 Å². The first-order valence-corrected chi connectivity index (χ1v) is 6.53. The van der Waals surface area contributed by atoms with Crippen LogP contribution in [0.25, 0.3) is 11.3 Å². The van der Waals surface area contributed by atoms with E-state index in [4.69, 9.17) is 9.47 Å². The first-order chi connectivity index (χ1) is 9.69. The molecule has 1 heterocycles. The Morgan fingerprint density at radius 1 is 1.10 bits per heavy atom. The third kappa shape index (κ3) is 2.91. The topological polar surface area (TPSA) is 43.4 Å². The van der Waals surface area contributed by atoms with Crippen molar-refractivity contribution < 1.29 is 9.47 Å². The Balaban J connectivity index is 2.43. The van der Waals surface area contributed by atoms with Crippen LogP contribution in [0.4, 0.5) is 0 Å². The van der Waals surface area contributed by atoms with Crippen molar-refractivity contribution in [2.75, 3.05) is 21.3 Å². The lowest BCUT2D eigenvalue weighted by Gasteiger charge is -2.12. The highest BCUT2D eigenvalue weighted by Gasteiger charge is 2.10. The molecular formula is C16H20N2O2. The lowest BCUT2D eigenvalue weighted by Crippen LogP contribution is -2.07. The normalized spacial score (nSPS) is 10.4. The third-order valence-electron chi connectivity index (χ3n) is 3.25. The van der Waals surface area contributed by atoms with E-state index in [2.05, 4.69) is 16.4 Å². The van der Waals surface area contributed by atoms with Crippen molar-refractivity contribution in [3.8, 4) is 22.8 Å². The van der Waals surface area contributed by atoms with Crippen LogP contribution in [0, 0.1) is 6.92 Å². The second-order valence-electron chi connectivity index (χ2n) is 4.54. The first-order valence-electron chi connectivity index (χ1n) is 6.53. The first kappa shape index (κ1) is 14.3. The van der Waals surface area contributed by atoms with Gasteiger partial charge in [0.05, 0.1) is 19.9 Å². The Labute approximate surface area is 119 Å². The summed E-state index contributed by atoms with van der Waals surface area (Å²) in [6.45, 7) is 2.84. The van der Waals surface area contributed by atoms with E-state index in [1.165, 1.54) is 5.56 Å². The van der Waals surface area contributed by atoms with Gasteiger partial charge >= 0.3 is 0 Å². The summed E-state index contributed by atoms with van der Waals surface area (Å²) >= 11 is 0. The molecule has 0 aliphatic rings. The van der Waals surface area contributed by atoms with E-state index in [0.29, 0.717) is 0 Å². The molecule has 2 rings (SSSR count). The van der Waals surface area contributed by atoms with E-state index in [1.54, 1.807) is 14.2 Å². The number of hydrogen-bond donors (Lipinski definition) is 1. The van der Waals surface area contributed by atoms with Gasteiger partial charge in [-0.3, -0.25) is 4.98 Å². The molecule has 1 N–H and O–H groups in total. The molecule has 0 aliphatic carbocycles. The predicted octanol–water partition coefficient (Wildman–Crippen LogP) is 2.79. The number of hydrogen-bond acceptors (Lipinski definition) is 4. The number of ether oxygens (including phenoxy) is 2. The maximum Gasteiger partial charge on any atom is 0.131 e. The molecule has 1 aromatic heterocycles. The van der Waals surface area contributed by atoms with Crippen LogP contribution >= 0.6 is 0 Å². The Kier molecular flexibility index (Phi) is 4.58. The average Bonchev–Trinajstić information content (AvgIpc) is 2.48. The average molecular weight is 272 g/mol. The van der Waals surface area contributed by atoms with Gasteiger partial charge in [-0.25, -0.2) is 0 Å². The standard InChI is InChI=1S/C16H20N2O2/c1-11-12(10-17-2)5-8-15(18-11)14-7-6-13(19-3)9-16(14)20-4/h5-9,17H,10H2,1-4H3. The fourth-order valence-electron chi connectivity index (χ4n) is 2.13. The van der Waals surface area contributed by atoms with Gasteiger partial charge in [0.2, 0.25) is 0 Å². The fourth-order valence-corrected chi connectivity index (χ4v) is 2.13. The van der Waals surface area contributed by atoms with Crippen molar-refractivity contribution >= 4 is 0 Å². The number of aryl methyl sites for hydroxylation is 1. The molecule has 20 heavy (non-hydrogen) atoms. The van der Waals surface area contributed by atoms with E-state index >= 15 is 0 Å². The summed E-state index contributed by atoms with van der Waals surface area (Å²) in [5.41, 5.74) is 4.09. The molecule has 1 aromatic carbocycles. The van der Waals surface area contributed by atoms with Gasteiger partial charge in [0.25, 0.3) is 0 Å². The minimum Gasteiger partial charge on any atom is -0.497 e. The van der Waals surface area contributed by atoms with Crippen LogP contribution in [0.5, 0.6) is 11.5 Å². The minimum atomic E-state index is 0.762. The van der Waals surface area contributed by atoms with Crippen LogP contribution in [0.15, 0.2) is 30.3 Å². The summed E-state index contributed by atoms with van der Waals surface area (Å²) < 4.78 is 10.6. The Hall–Kier alpha value is -2.07. The van der Waals surface area contributed by atoms with E-state index in [0.717, 1.165) is 35.0 Å². The summed E-state index contributed by atoms with van der Waals surface area (Å²) in [6.07, 6.45) is 0. The van der Waals surface area contributed by atoms with Crippen LogP contribution in [-0.2, 0) is 6.54 Å². The smallest absolute Gasteiger partial charge is 0.131 e. The van der Waals surface area contributed by atoms with Crippen LogP contribution < -0.4 is 14.8 Å². The molecule has 0 bridgehead atoms. The van der Waals surface area contributed by atoms with Crippen molar-refractivity contribution in [1.82, 2.24) is 10.3 Å². The van der Waals surface area contributed by atoms with Gasteiger partial charge in [0.15, 0.2) is 0 Å². The molecule has 4 nitrogen and oxygen atoms in total. The molecular weight excluding hydrogens is 252 g/mol. The molecule has 4 heteroatoms. The lowest BCUT2D eigenvalue weighted by atomic mass is 10.1. The summed E-state index contributed by atoms with van der Waals surface area (Å²) in [4.78, 5) is 4.67. The monoisotopic (exact) mass is 272 g/mol.